The number of hydrogen-bond donors (Lipinski definition) is 1. The van der Waals surface area contributed by atoms with Gasteiger partial charge in [0.15, 0.2) is 11.5 Å². The van der Waals surface area contributed by atoms with Crippen LogP contribution in [0.5, 0.6) is 11.5 Å². The standard InChI is InChI=1S/C28H28F2N2O5S/c1-36-25-11-9-18(13-26(25)37-23-7-2-3-8-23)19-14-28(33)32(17-19)22-6-4-5-21(16-22)31-38(34,35)27-12-10-20(29)15-24(27)30/h4-6,9-13,15-16,19,23,31H,2-3,7-8,14,17H2,1H3. The number of methoxy groups -OCH3 is 1. The van der Waals surface area contributed by atoms with E-state index in [0.717, 1.165) is 43.4 Å². The molecule has 1 aliphatic heterocycles. The first-order valence-corrected chi connectivity index (χ1v) is 13.9. The van der Waals surface area contributed by atoms with E-state index in [0.29, 0.717) is 29.8 Å². The Hall–Kier alpha value is -3.66. The molecule has 1 amide bonds. The molecular weight excluding hydrogens is 514 g/mol. The van der Waals surface area contributed by atoms with Gasteiger partial charge in [0.25, 0.3) is 10.0 Å². The van der Waals surface area contributed by atoms with Gasteiger partial charge in [-0.1, -0.05) is 12.1 Å². The lowest BCUT2D eigenvalue weighted by Crippen LogP contribution is -2.24. The predicted octanol–water partition coefficient (Wildman–Crippen LogP) is 5.62. The maximum absolute atomic E-state index is 14.1. The van der Waals surface area contributed by atoms with Crippen LogP contribution in [-0.2, 0) is 14.8 Å². The van der Waals surface area contributed by atoms with Crippen molar-refractivity contribution in [1.82, 2.24) is 0 Å². The van der Waals surface area contributed by atoms with E-state index in [1.807, 2.05) is 18.2 Å². The Labute approximate surface area is 220 Å². The molecule has 2 aliphatic rings. The molecule has 3 aromatic rings. The lowest BCUT2D eigenvalue weighted by atomic mass is 9.98. The molecule has 5 rings (SSSR count). The highest BCUT2D eigenvalue weighted by Crippen LogP contribution is 2.38. The molecule has 1 saturated carbocycles. The highest BCUT2D eigenvalue weighted by molar-refractivity contribution is 7.92. The largest absolute Gasteiger partial charge is 0.493 e. The summed E-state index contributed by atoms with van der Waals surface area (Å²) in [7, 11) is -2.71. The number of rotatable bonds is 8. The highest BCUT2D eigenvalue weighted by Gasteiger charge is 2.33. The third kappa shape index (κ3) is 5.45. The van der Waals surface area contributed by atoms with Crippen LogP contribution in [0.15, 0.2) is 65.6 Å². The molecule has 10 heteroatoms. The summed E-state index contributed by atoms with van der Waals surface area (Å²) < 4.78 is 66.7. The number of sulfonamides is 1. The smallest absolute Gasteiger partial charge is 0.264 e. The van der Waals surface area contributed by atoms with Gasteiger partial charge in [0, 0.05) is 30.6 Å². The SMILES string of the molecule is COc1ccc(C2CC(=O)N(c3cccc(NS(=O)(=O)c4ccc(F)cc4F)c3)C2)cc1OC1CCCC1. The summed E-state index contributed by atoms with van der Waals surface area (Å²) in [5.74, 6) is -0.935. The van der Waals surface area contributed by atoms with Crippen LogP contribution in [0.25, 0.3) is 0 Å². The van der Waals surface area contributed by atoms with E-state index in [-0.39, 0.29) is 30.0 Å². The van der Waals surface area contributed by atoms with Gasteiger partial charge in [-0.15, -0.1) is 0 Å². The number of carbonyl (C=O) groups excluding carboxylic acids is 1. The molecule has 3 aromatic carbocycles. The molecule has 38 heavy (non-hydrogen) atoms. The number of anilines is 2. The van der Waals surface area contributed by atoms with E-state index in [2.05, 4.69) is 4.72 Å². The van der Waals surface area contributed by atoms with E-state index >= 15 is 0 Å². The van der Waals surface area contributed by atoms with Gasteiger partial charge in [-0.3, -0.25) is 9.52 Å². The number of nitrogens with zero attached hydrogens (tertiary/aromatic N) is 1. The first-order valence-electron chi connectivity index (χ1n) is 12.5. The molecule has 0 aromatic heterocycles. The fraction of sp³-hybridized carbons (Fsp3) is 0.321. The first kappa shape index (κ1) is 26.0. The Morgan fingerprint density at radius 2 is 1.76 bits per heavy atom. The van der Waals surface area contributed by atoms with E-state index in [1.165, 1.54) is 12.1 Å². The summed E-state index contributed by atoms with van der Waals surface area (Å²) in [4.78, 5) is 13.9. The van der Waals surface area contributed by atoms with Gasteiger partial charge in [-0.25, -0.2) is 17.2 Å². The Bertz CT molecular complexity index is 1460. The normalized spacial score (nSPS) is 18.1. The molecule has 0 spiro atoms. The van der Waals surface area contributed by atoms with Gasteiger partial charge in [0.2, 0.25) is 5.91 Å². The predicted molar refractivity (Wildman–Crippen MR) is 139 cm³/mol. The molecule has 1 N–H and O–H groups in total. The van der Waals surface area contributed by atoms with Gasteiger partial charge >= 0.3 is 0 Å². The molecular formula is C28H28F2N2O5S. The molecule has 1 aliphatic carbocycles. The van der Waals surface area contributed by atoms with Crippen LogP contribution >= 0.6 is 0 Å². The fourth-order valence-electron chi connectivity index (χ4n) is 5.05. The molecule has 200 valence electrons. The number of nitrogens with one attached hydrogen (secondary N) is 1. The molecule has 0 radical (unpaired) electrons. The molecule has 7 nitrogen and oxygen atoms in total. The van der Waals surface area contributed by atoms with Crippen LogP contribution in [-0.4, -0.2) is 34.1 Å². The molecule has 1 heterocycles. The van der Waals surface area contributed by atoms with Crippen LogP contribution in [0, 0.1) is 11.6 Å². The lowest BCUT2D eigenvalue weighted by Gasteiger charge is -2.20. The summed E-state index contributed by atoms with van der Waals surface area (Å²) in [5, 5.41) is 0. The van der Waals surface area contributed by atoms with Crippen LogP contribution in [0.3, 0.4) is 0 Å². The van der Waals surface area contributed by atoms with Crippen LogP contribution in [0.1, 0.15) is 43.6 Å². The van der Waals surface area contributed by atoms with Crippen LogP contribution < -0.4 is 19.1 Å². The van der Waals surface area contributed by atoms with Gasteiger partial charge in [0.05, 0.1) is 18.9 Å². The van der Waals surface area contributed by atoms with Crippen molar-refractivity contribution in [3.05, 3.63) is 77.9 Å². The maximum atomic E-state index is 14.1. The zero-order valence-electron chi connectivity index (χ0n) is 20.8. The van der Waals surface area contributed by atoms with E-state index in [1.54, 1.807) is 24.1 Å². The van der Waals surface area contributed by atoms with Crippen molar-refractivity contribution in [2.45, 2.75) is 49.0 Å². The summed E-state index contributed by atoms with van der Waals surface area (Å²) in [6.07, 6.45) is 4.76. The topological polar surface area (TPSA) is 84.9 Å². The monoisotopic (exact) mass is 542 g/mol. The third-order valence-electron chi connectivity index (χ3n) is 6.97. The van der Waals surface area contributed by atoms with Crippen molar-refractivity contribution in [2.75, 3.05) is 23.3 Å². The summed E-state index contributed by atoms with van der Waals surface area (Å²) in [6, 6.07) is 14.3. The second-order valence-electron chi connectivity index (χ2n) is 9.57. The minimum absolute atomic E-state index is 0.0898. The average Bonchev–Trinajstić information content (AvgIpc) is 3.53. The minimum Gasteiger partial charge on any atom is -0.493 e. The number of carbonyl (C=O) groups is 1. The highest BCUT2D eigenvalue weighted by atomic mass is 32.2. The van der Waals surface area contributed by atoms with Crippen molar-refractivity contribution in [1.29, 1.82) is 0 Å². The molecule has 1 atom stereocenters. The zero-order chi connectivity index (χ0) is 26.9. The number of amides is 1. The van der Waals surface area contributed by atoms with E-state index < -0.39 is 26.6 Å². The molecule has 1 saturated heterocycles. The second kappa shape index (κ2) is 10.6. The quantitative estimate of drug-likeness (QED) is 0.400. The van der Waals surface area contributed by atoms with Crippen LogP contribution in [0.4, 0.5) is 20.2 Å². The minimum atomic E-state index is -4.31. The Morgan fingerprint density at radius 1 is 0.974 bits per heavy atom. The van der Waals surface area contributed by atoms with Gasteiger partial charge in [-0.2, -0.15) is 0 Å². The Balaban J connectivity index is 1.34. The molecule has 0 bridgehead atoms. The second-order valence-corrected chi connectivity index (χ2v) is 11.2. The lowest BCUT2D eigenvalue weighted by molar-refractivity contribution is -0.117. The van der Waals surface area contributed by atoms with Gasteiger partial charge < -0.3 is 14.4 Å². The number of hydrogen-bond acceptors (Lipinski definition) is 5. The van der Waals surface area contributed by atoms with Crippen molar-refractivity contribution in [3.8, 4) is 11.5 Å². The third-order valence-corrected chi connectivity index (χ3v) is 8.39. The van der Waals surface area contributed by atoms with Crippen molar-refractivity contribution < 1.29 is 31.5 Å². The van der Waals surface area contributed by atoms with Crippen LogP contribution in [0.2, 0.25) is 0 Å². The fourth-order valence-corrected chi connectivity index (χ4v) is 6.16. The zero-order valence-corrected chi connectivity index (χ0v) is 21.6. The maximum Gasteiger partial charge on any atom is 0.264 e. The van der Waals surface area contributed by atoms with Gasteiger partial charge in [0.1, 0.15) is 16.5 Å². The first-order chi connectivity index (χ1) is 18.2. The van der Waals surface area contributed by atoms with E-state index in [4.69, 9.17) is 9.47 Å². The summed E-state index contributed by atoms with van der Waals surface area (Å²) >= 11 is 0. The number of ether oxygens (including phenoxy) is 2. The molecule has 2 fully saturated rings. The summed E-state index contributed by atoms with van der Waals surface area (Å²) in [5.41, 5.74) is 1.62. The van der Waals surface area contributed by atoms with Crippen molar-refractivity contribution in [3.63, 3.8) is 0 Å². The number of halogens is 2. The Morgan fingerprint density at radius 3 is 2.50 bits per heavy atom. The Kier molecular flexibility index (Phi) is 7.25. The van der Waals surface area contributed by atoms with Crippen molar-refractivity contribution in [2.24, 2.45) is 0 Å². The van der Waals surface area contributed by atoms with Gasteiger partial charge in [-0.05, 0) is 73.7 Å². The summed E-state index contributed by atoms with van der Waals surface area (Å²) in [6.45, 7) is 0.400. The van der Waals surface area contributed by atoms with Crippen molar-refractivity contribution >= 4 is 27.3 Å². The van der Waals surface area contributed by atoms with E-state index in [9.17, 15) is 22.0 Å². The molecule has 1 unspecified atom stereocenters. The average molecular weight is 543 g/mol. The number of benzene rings is 3.